The van der Waals surface area contributed by atoms with Gasteiger partial charge in [0, 0.05) is 49.9 Å². The maximum atomic E-state index is 14.0. The zero-order valence-corrected chi connectivity index (χ0v) is 29.4. The van der Waals surface area contributed by atoms with Crippen molar-refractivity contribution in [2.24, 2.45) is 11.8 Å². The molecular weight excluding hydrogens is 652 g/mol. The number of halogens is 1. The summed E-state index contributed by atoms with van der Waals surface area (Å²) in [7, 11) is -0.877. The number of hydrogen-bond acceptors (Lipinski definition) is 8. The van der Waals surface area contributed by atoms with Crippen LogP contribution in [0.2, 0.25) is 5.02 Å². The van der Waals surface area contributed by atoms with Gasteiger partial charge in [0.25, 0.3) is 5.91 Å². The van der Waals surface area contributed by atoms with E-state index in [1.165, 1.54) is 18.2 Å². The first-order valence-electron chi connectivity index (χ1n) is 17.4. The molecule has 1 saturated heterocycles. The van der Waals surface area contributed by atoms with Gasteiger partial charge in [-0.1, -0.05) is 29.8 Å². The highest BCUT2D eigenvalue weighted by Gasteiger charge is 2.45. The van der Waals surface area contributed by atoms with E-state index in [0.717, 1.165) is 62.2 Å². The Kier molecular flexibility index (Phi) is 9.83. The lowest BCUT2D eigenvalue weighted by molar-refractivity contribution is 0.0128. The van der Waals surface area contributed by atoms with E-state index in [9.17, 15) is 13.2 Å². The predicted octanol–water partition coefficient (Wildman–Crippen LogP) is 5.83. The van der Waals surface area contributed by atoms with Crippen molar-refractivity contribution >= 4 is 33.2 Å². The lowest BCUT2D eigenvalue weighted by Gasteiger charge is -2.46. The van der Waals surface area contributed by atoms with Crippen LogP contribution in [-0.4, -0.2) is 78.4 Å². The maximum Gasteiger partial charge on any atom is 0.264 e. The number of hydrogen-bond donors (Lipinski definition) is 1. The molecule has 2 aromatic rings. The first-order valence-corrected chi connectivity index (χ1v) is 19.3. The molecule has 1 N–H and O–H groups in total. The number of methoxy groups -OCH3 is 2. The van der Waals surface area contributed by atoms with Crippen LogP contribution in [0.1, 0.15) is 72.9 Å². The Labute approximate surface area is 289 Å². The average molecular weight is 699 g/mol. The van der Waals surface area contributed by atoms with Gasteiger partial charge in [-0.3, -0.25) is 4.79 Å². The molecule has 7 atom stereocenters. The van der Waals surface area contributed by atoms with E-state index in [1.54, 1.807) is 19.2 Å². The third-order valence-electron chi connectivity index (χ3n) is 11.5. The van der Waals surface area contributed by atoms with Crippen LogP contribution in [0.5, 0.6) is 5.75 Å². The molecule has 1 spiro atoms. The van der Waals surface area contributed by atoms with E-state index >= 15 is 0 Å². The fourth-order valence-corrected chi connectivity index (χ4v) is 10.6. The number of ether oxygens (including phenoxy) is 4. The standard InChI is InChI=1S/C37H47ClN2O7S/c1-44-32-8-3-9-34(45-2)35(20-28-7-5-17-46-28)48(42,43)39-36(41)25-11-15-33-31(19-25)40(21-26-10-13-29(26)32)22-37(23-47-33)16-4-6-24-18-27(38)12-14-30(24)37/h3,8,11-12,14-15,18-19,26,28-29,32,34-35H,4-7,9-10,13,16-17,20-23H2,1-2H3,(H,39,41)/b8-3-/t26-,28+,29+,32-,34+,35-,37-/m0/s1. The number of nitrogens with zero attached hydrogens (tertiary/aromatic N) is 1. The molecule has 0 radical (unpaired) electrons. The molecule has 2 aromatic carbocycles. The molecule has 3 heterocycles. The first-order chi connectivity index (χ1) is 23.2. The molecule has 1 amide bonds. The van der Waals surface area contributed by atoms with E-state index in [4.69, 9.17) is 30.5 Å². The molecule has 5 aliphatic rings. The summed E-state index contributed by atoms with van der Waals surface area (Å²) in [6, 6.07) is 11.5. The van der Waals surface area contributed by atoms with E-state index in [2.05, 4.69) is 27.8 Å². The average Bonchev–Trinajstić information content (AvgIpc) is 3.53. The molecule has 9 nitrogen and oxygen atoms in total. The van der Waals surface area contributed by atoms with Crippen LogP contribution in [0.4, 0.5) is 5.69 Å². The molecule has 11 heteroatoms. The van der Waals surface area contributed by atoms with Crippen LogP contribution in [0.15, 0.2) is 48.6 Å². The van der Waals surface area contributed by atoms with Crippen molar-refractivity contribution in [1.29, 1.82) is 0 Å². The molecule has 3 aliphatic heterocycles. The molecule has 0 aromatic heterocycles. The van der Waals surface area contributed by atoms with Crippen LogP contribution in [-0.2, 0) is 36.1 Å². The summed E-state index contributed by atoms with van der Waals surface area (Å²) in [5.74, 6) is 0.708. The number of nitrogens with one attached hydrogen (secondary N) is 1. The molecule has 2 bridgehead atoms. The summed E-state index contributed by atoms with van der Waals surface area (Å²) in [4.78, 5) is 16.2. The third kappa shape index (κ3) is 6.63. The summed E-state index contributed by atoms with van der Waals surface area (Å²) < 4.78 is 54.8. The van der Waals surface area contributed by atoms with Gasteiger partial charge in [0.15, 0.2) is 0 Å². The number of fused-ring (bicyclic) bond motifs is 4. The second-order valence-electron chi connectivity index (χ2n) is 14.3. The normalized spacial score (nSPS) is 33.8. The van der Waals surface area contributed by atoms with Gasteiger partial charge in [-0.05, 0) is 111 Å². The van der Waals surface area contributed by atoms with Crippen molar-refractivity contribution < 1.29 is 32.2 Å². The quantitative estimate of drug-likeness (QED) is 0.399. The summed E-state index contributed by atoms with van der Waals surface area (Å²) >= 11 is 6.44. The lowest BCUT2D eigenvalue weighted by atomic mass is 9.68. The second kappa shape index (κ2) is 13.9. The Morgan fingerprint density at radius 3 is 2.71 bits per heavy atom. The van der Waals surface area contributed by atoms with Crippen LogP contribution in [0, 0.1) is 11.8 Å². The Morgan fingerprint density at radius 1 is 1.08 bits per heavy atom. The minimum atomic E-state index is -4.15. The zero-order chi connectivity index (χ0) is 33.5. The number of carbonyl (C=O) groups is 1. The fourth-order valence-electron chi connectivity index (χ4n) is 8.77. The molecule has 260 valence electrons. The summed E-state index contributed by atoms with van der Waals surface area (Å²) in [5, 5.41) is -0.241. The van der Waals surface area contributed by atoms with Crippen LogP contribution >= 0.6 is 11.6 Å². The molecule has 2 fully saturated rings. The third-order valence-corrected chi connectivity index (χ3v) is 13.5. The number of carbonyl (C=O) groups excluding carboxylic acids is 1. The van der Waals surface area contributed by atoms with E-state index in [1.807, 2.05) is 18.2 Å². The van der Waals surface area contributed by atoms with Gasteiger partial charge in [-0.2, -0.15) is 0 Å². The number of anilines is 1. The van der Waals surface area contributed by atoms with Crippen LogP contribution in [0.3, 0.4) is 0 Å². The lowest BCUT2D eigenvalue weighted by Crippen LogP contribution is -2.49. The Balaban J connectivity index is 1.28. The number of aryl methyl sites for hydroxylation is 1. The minimum absolute atomic E-state index is 0.109. The molecule has 1 saturated carbocycles. The largest absolute Gasteiger partial charge is 0.490 e. The van der Waals surface area contributed by atoms with Crippen LogP contribution in [0.25, 0.3) is 0 Å². The highest BCUT2D eigenvalue weighted by Crippen LogP contribution is 2.47. The number of rotatable bonds is 4. The zero-order valence-electron chi connectivity index (χ0n) is 27.9. The number of benzene rings is 2. The van der Waals surface area contributed by atoms with Crippen molar-refractivity contribution in [2.45, 2.75) is 86.8 Å². The van der Waals surface area contributed by atoms with Crippen LogP contribution < -0.4 is 14.4 Å². The van der Waals surface area contributed by atoms with Crippen molar-refractivity contribution in [3.63, 3.8) is 0 Å². The fraction of sp³-hybridized carbons (Fsp3) is 0.595. The first kappa shape index (κ1) is 33.8. The summed E-state index contributed by atoms with van der Waals surface area (Å²) in [6.07, 6.45) is 10.5. The summed E-state index contributed by atoms with van der Waals surface area (Å²) in [5.41, 5.74) is 3.37. The van der Waals surface area contributed by atoms with Gasteiger partial charge >= 0.3 is 0 Å². The Hall–Kier alpha value is -2.63. The van der Waals surface area contributed by atoms with Gasteiger partial charge in [-0.25, -0.2) is 13.1 Å². The predicted molar refractivity (Wildman–Crippen MR) is 186 cm³/mol. The topological polar surface area (TPSA) is 103 Å². The summed E-state index contributed by atoms with van der Waals surface area (Å²) in [6.45, 7) is 2.60. The highest BCUT2D eigenvalue weighted by atomic mass is 35.5. The molecule has 48 heavy (non-hydrogen) atoms. The van der Waals surface area contributed by atoms with E-state index in [-0.39, 0.29) is 29.6 Å². The highest BCUT2D eigenvalue weighted by molar-refractivity contribution is 7.90. The Morgan fingerprint density at radius 2 is 1.96 bits per heavy atom. The van der Waals surface area contributed by atoms with Gasteiger partial charge in [0.1, 0.15) is 11.0 Å². The van der Waals surface area contributed by atoms with E-state index < -0.39 is 27.3 Å². The monoisotopic (exact) mass is 698 g/mol. The van der Waals surface area contributed by atoms with Crippen molar-refractivity contribution in [1.82, 2.24) is 4.72 Å². The molecule has 0 unspecified atom stereocenters. The van der Waals surface area contributed by atoms with Gasteiger partial charge in [0.2, 0.25) is 10.0 Å². The van der Waals surface area contributed by atoms with Gasteiger partial charge < -0.3 is 23.8 Å². The SMILES string of the molecule is CO[C@H]1/C=C\C[C@@H](OC)[C@H](C[C@H]2CCCO2)S(=O)(=O)NC(=O)c2ccc3c(c2)N(C[C@@H]2CC[C@H]21)C[C@@]1(CCCc2cc(Cl)ccc21)CO3. The van der Waals surface area contributed by atoms with E-state index in [0.29, 0.717) is 43.8 Å². The van der Waals surface area contributed by atoms with Gasteiger partial charge in [0.05, 0.1) is 30.6 Å². The minimum Gasteiger partial charge on any atom is -0.490 e. The van der Waals surface area contributed by atoms with Crippen molar-refractivity contribution in [2.75, 3.05) is 45.4 Å². The van der Waals surface area contributed by atoms with Gasteiger partial charge in [-0.15, -0.1) is 0 Å². The van der Waals surface area contributed by atoms with Crippen molar-refractivity contribution in [3.8, 4) is 5.75 Å². The number of sulfonamides is 1. The maximum absolute atomic E-state index is 14.0. The number of amides is 1. The molecule has 2 aliphatic carbocycles. The second-order valence-corrected chi connectivity index (χ2v) is 16.6. The Bertz CT molecular complexity index is 1640. The smallest absolute Gasteiger partial charge is 0.264 e. The molecular formula is C37H47ClN2O7S. The van der Waals surface area contributed by atoms with Crippen molar-refractivity contribution in [3.05, 3.63) is 70.3 Å². The molecule has 7 rings (SSSR count).